The van der Waals surface area contributed by atoms with Gasteiger partial charge < -0.3 is 15.2 Å². The third-order valence-electron chi connectivity index (χ3n) is 4.77. The fourth-order valence-corrected chi connectivity index (χ4v) is 3.24. The molecule has 2 aliphatic rings. The van der Waals surface area contributed by atoms with E-state index < -0.39 is 0 Å². The maximum absolute atomic E-state index is 6.07. The van der Waals surface area contributed by atoms with Crippen LogP contribution in [0.5, 0.6) is 5.75 Å². The molecular formula is C18H29N3O2. The molecule has 0 aliphatic carbocycles. The van der Waals surface area contributed by atoms with Gasteiger partial charge in [0.1, 0.15) is 12.4 Å². The van der Waals surface area contributed by atoms with Crippen molar-refractivity contribution in [1.82, 2.24) is 9.80 Å². The lowest BCUT2D eigenvalue weighted by atomic mass is 10.1. The van der Waals surface area contributed by atoms with Crippen LogP contribution in [0, 0.1) is 0 Å². The second kappa shape index (κ2) is 8.64. The molecule has 2 fully saturated rings. The molecule has 0 amide bonds. The summed E-state index contributed by atoms with van der Waals surface area (Å²) in [5.41, 5.74) is 7.27. The van der Waals surface area contributed by atoms with E-state index in [1.165, 1.54) is 5.56 Å². The van der Waals surface area contributed by atoms with Crippen molar-refractivity contribution in [1.29, 1.82) is 0 Å². The number of piperidine rings is 1. The Labute approximate surface area is 139 Å². The zero-order valence-electron chi connectivity index (χ0n) is 14.0. The topological polar surface area (TPSA) is 51.0 Å². The first-order valence-corrected chi connectivity index (χ1v) is 8.80. The predicted molar refractivity (Wildman–Crippen MR) is 91.7 cm³/mol. The van der Waals surface area contributed by atoms with Crippen LogP contribution >= 0.6 is 0 Å². The highest BCUT2D eigenvalue weighted by molar-refractivity contribution is 5.33. The van der Waals surface area contributed by atoms with Crippen molar-refractivity contribution in [2.24, 2.45) is 5.73 Å². The highest BCUT2D eigenvalue weighted by atomic mass is 16.5. The van der Waals surface area contributed by atoms with Crippen LogP contribution in [0.25, 0.3) is 0 Å². The number of likely N-dealkylation sites (tertiary alicyclic amines) is 1. The Morgan fingerprint density at radius 2 is 1.78 bits per heavy atom. The molecule has 0 unspecified atom stereocenters. The van der Waals surface area contributed by atoms with E-state index in [1.54, 1.807) is 0 Å². The van der Waals surface area contributed by atoms with E-state index in [-0.39, 0.29) is 0 Å². The Morgan fingerprint density at radius 3 is 2.57 bits per heavy atom. The molecule has 2 N–H and O–H groups in total. The number of hydrogen-bond donors (Lipinski definition) is 1. The van der Waals surface area contributed by atoms with E-state index >= 15 is 0 Å². The Balaban J connectivity index is 1.49. The molecule has 0 atom stereocenters. The van der Waals surface area contributed by atoms with Gasteiger partial charge in [-0.2, -0.15) is 0 Å². The number of morpholine rings is 1. The van der Waals surface area contributed by atoms with Crippen LogP contribution in [0.4, 0.5) is 0 Å². The van der Waals surface area contributed by atoms with Gasteiger partial charge in [0.15, 0.2) is 0 Å². The predicted octanol–water partition coefficient (Wildman–Crippen LogP) is 1.32. The van der Waals surface area contributed by atoms with Crippen LogP contribution < -0.4 is 10.5 Å². The summed E-state index contributed by atoms with van der Waals surface area (Å²) in [6.45, 7) is 8.55. The van der Waals surface area contributed by atoms with Gasteiger partial charge in [-0.25, -0.2) is 0 Å². The lowest BCUT2D eigenvalue weighted by Gasteiger charge is -2.30. The summed E-state index contributed by atoms with van der Waals surface area (Å²) in [5, 5.41) is 0. The van der Waals surface area contributed by atoms with Crippen LogP contribution in [0.3, 0.4) is 0 Å². The van der Waals surface area contributed by atoms with E-state index in [9.17, 15) is 0 Å². The first kappa shape index (κ1) is 16.7. The summed E-state index contributed by atoms with van der Waals surface area (Å²) in [4.78, 5) is 4.88. The number of hydrogen-bond acceptors (Lipinski definition) is 5. The van der Waals surface area contributed by atoms with E-state index in [0.29, 0.717) is 6.04 Å². The van der Waals surface area contributed by atoms with E-state index in [4.69, 9.17) is 15.2 Å². The average molecular weight is 319 g/mol. The normalized spacial score (nSPS) is 21.4. The second-order valence-corrected chi connectivity index (χ2v) is 6.52. The van der Waals surface area contributed by atoms with Crippen LogP contribution in [0.1, 0.15) is 18.4 Å². The van der Waals surface area contributed by atoms with Gasteiger partial charge in [0.2, 0.25) is 0 Å². The molecule has 2 aliphatic heterocycles. The Bertz CT molecular complexity index is 469. The Morgan fingerprint density at radius 1 is 1.04 bits per heavy atom. The minimum atomic E-state index is 0.381. The van der Waals surface area contributed by atoms with E-state index in [2.05, 4.69) is 34.1 Å². The molecule has 128 valence electrons. The molecule has 0 aromatic heterocycles. The summed E-state index contributed by atoms with van der Waals surface area (Å²) in [6, 6.07) is 8.80. The number of para-hydroxylation sites is 1. The van der Waals surface area contributed by atoms with Crippen molar-refractivity contribution in [2.75, 3.05) is 52.5 Å². The van der Waals surface area contributed by atoms with E-state index in [1.807, 2.05) is 0 Å². The Kier molecular flexibility index (Phi) is 6.28. The van der Waals surface area contributed by atoms with Crippen molar-refractivity contribution in [2.45, 2.75) is 25.4 Å². The number of nitrogens with zero attached hydrogens (tertiary/aromatic N) is 2. The molecular weight excluding hydrogens is 290 g/mol. The highest BCUT2D eigenvalue weighted by Crippen LogP contribution is 2.21. The van der Waals surface area contributed by atoms with Crippen molar-refractivity contribution in [3.8, 4) is 5.75 Å². The summed E-state index contributed by atoms with van der Waals surface area (Å²) in [6.07, 6.45) is 2.19. The van der Waals surface area contributed by atoms with Gasteiger partial charge in [0, 0.05) is 37.8 Å². The van der Waals surface area contributed by atoms with Gasteiger partial charge >= 0.3 is 0 Å². The number of nitrogens with two attached hydrogens (primary N) is 1. The van der Waals surface area contributed by atoms with Crippen molar-refractivity contribution >= 4 is 0 Å². The zero-order valence-corrected chi connectivity index (χ0v) is 14.0. The smallest absolute Gasteiger partial charge is 0.123 e. The standard InChI is InChI=1S/C18H29N3O2/c19-17-5-7-21(8-6-17)15-16-3-1-2-4-18(16)23-14-11-20-9-12-22-13-10-20/h1-4,17H,5-15,19H2. The van der Waals surface area contributed by atoms with Crippen LogP contribution in [-0.4, -0.2) is 68.4 Å². The minimum absolute atomic E-state index is 0.381. The molecule has 5 nitrogen and oxygen atoms in total. The first-order chi connectivity index (χ1) is 11.3. The maximum atomic E-state index is 6.07. The SMILES string of the molecule is NC1CCN(Cc2ccccc2OCCN2CCOCC2)CC1. The summed E-state index contributed by atoms with van der Waals surface area (Å²) >= 11 is 0. The summed E-state index contributed by atoms with van der Waals surface area (Å²) < 4.78 is 11.4. The number of rotatable bonds is 6. The summed E-state index contributed by atoms with van der Waals surface area (Å²) in [7, 11) is 0. The van der Waals surface area contributed by atoms with E-state index in [0.717, 1.165) is 77.7 Å². The van der Waals surface area contributed by atoms with Crippen molar-refractivity contribution in [3.63, 3.8) is 0 Å². The van der Waals surface area contributed by atoms with Gasteiger partial charge in [0.05, 0.1) is 13.2 Å². The molecule has 1 aromatic rings. The molecule has 3 rings (SSSR count). The molecule has 2 heterocycles. The van der Waals surface area contributed by atoms with Crippen molar-refractivity contribution in [3.05, 3.63) is 29.8 Å². The van der Waals surface area contributed by atoms with Gasteiger partial charge in [0.25, 0.3) is 0 Å². The van der Waals surface area contributed by atoms with Gasteiger partial charge in [-0.3, -0.25) is 9.80 Å². The summed E-state index contributed by atoms with van der Waals surface area (Å²) in [5.74, 6) is 1.02. The second-order valence-electron chi connectivity index (χ2n) is 6.52. The van der Waals surface area contributed by atoms with Gasteiger partial charge in [-0.1, -0.05) is 18.2 Å². The zero-order chi connectivity index (χ0) is 15.9. The average Bonchev–Trinajstić information content (AvgIpc) is 2.59. The highest BCUT2D eigenvalue weighted by Gasteiger charge is 2.17. The van der Waals surface area contributed by atoms with Gasteiger partial charge in [-0.05, 0) is 32.0 Å². The molecule has 0 radical (unpaired) electrons. The lowest BCUT2D eigenvalue weighted by Crippen LogP contribution is -2.39. The fraction of sp³-hybridized carbons (Fsp3) is 0.667. The maximum Gasteiger partial charge on any atom is 0.123 e. The molecule has 5 heteroatoms. The third-order valence-corrected chi connectivity index (χ3v) is 4.77. The van der Waals surface area contributed by atoms with Crippen molar-refractivity contribution < 1.29 is 9.47 Å². The molecule has 0 saturated carbocycles. The number of benzene rings is 1. The van der Waals surface area contributed by atoms with Crippen LogP contribution in [0.2, 0.25) is 0 Å². The molecule has 1 aromatic carbocycles. The lowest BCUT2D eigenvalue weighted by molar-refractivity contribution is 0.0321. The monoisotopic (exact) mass is 319 g/mol. The third kappa shape index (κ3) is 5.18. The first-order valence-electron chi connectivity index (χ1n) is 8.80. The molecule has 2 saturated heterocycles. The van der Waals surface area contributed by atoms with Gasteiger partial charge in [-0.15, -0.1) is 0 Å². The molecule has 23 heavy (non-hydrogen) atoms. The Hall–Kier alpha value is -1.14. The van der Waals surface area contributed by atoms with Crippen LogP contribution in [0.15, 0.2) is 24.3 Å². The quantitative estimate of drug-likeness (QED) is 0.857. The van der Waals surface area contributed by atoms with Crippen LogP contribution in [-0.2, 0) is 11.3 Å². The number of ether oxygens (including phenoxy) is 2. The minimum Gasteiger partial charge on any atom is -0.492 e. The largest absolute Gasteiger partial charge is 0.492 e. The molecule has 0 bridgehead atoms. The molecule has 0 spiro atoms. The fourth-order valence-electron chi connectivity index (χ4n) is 3.24.